The maximum Gasteiger partial charge on any atom is 0.338 e. The van der Waals surface area contributed by atoms with Gasteiger partial charge in [-0.2, -0.15) is 0 Å². The van der Waals surface area contributed by atoms with E-state index < -0.39 is 16.0 Å². The average molecular weight is 349 g/mol. The molecule has 0 unspecified atom stereocenters. The molecule has 0 radical (unpaired) electrons. The number of benzene rings is 2. The molecule has 0 aliphatic carbocycles. The van der Waals surface area contributed by atoms with Gasteiger partial charge < -0.3 is 9.84 Å². The van der Waals surface area contributed by atoms with Crippen LogP contribution in [0, 0.1) is 0 Å². The van der Waals surface area contributed by atoms with Gasteiger partial charge in [-0.3, -0.25) is 4.31 Å². The van der Waals surface area contributed by atoms with Crippen molar-refractivity contribution in [2.45, 2.75) is 11.8 Å². The fraction of sp³-hybridized carbons (Fsp3) is 0.235. The standard InChI is InChI=1S/C17H19NO5S/c1-2-18(15-6-4-3-5-7-15)24(21,22)16-10-8-14(9-11-16)17(20)23-13-12-19/h3-11,19H,2,12-13H2,1H3. The first-order chi connectivity index (χ1) is 11.5. The molecule has 2 aromatic rings. The van der Waals surface area contributed by atoms with Gasteiger partial charge in [0.15, 0.2) is 0 Å². The number of hydrogen-bond donors (Lipinski definition) is 1. The summed E-state index contributed by atoms with van der Waals surface area (Å²) < 4.78 is 31.7. The number of carbonyl (C=O) groups excluding carboxylic acids is 1. The van der Waals surface area contributed by atoms with Crippen molar-refractivity contribution in [3.8, 4) is 0 Å². The molecule has 0 aliphatic heterocycles. The normalized spacial score (nSPS) is 11.1. The van der Waals surface area contributed by atoms with Crippen molar-refractivity contribution in [1.29, 1.82) is 0 Å². The molecule has 0 amide bonds. The molecule has 0 saturated carbocycles. The second kappa shape index (κ2) is 7.94. The van der Waals surface area contributed by atoms with Crippen LogP contribution in [0.3, 0.4) is 0 Å². The highest BCUT2D eigenvalue weighted by molar-refractivity contribution is 7.92. The zero-order valence-electron chi connectivity index (χ0n) is 13.3. The third kappa shape index (κ3) is 3.93. The molecular formula is C17H19NO5S. The minimum Gasteiger partial charge on any atom is -0.460 e. The lowest BCUT2D eigenvalue weighted by Crippen LogP contribution is -2.30. The predicted molar refractivity (Wildman–Crippen MR) is 90.5 cm³/mol. The molecule has 6 nitrogen and oxygen atoms in total. The second-order valence-electron chi connectivity index (χ2n) is 4.89. The van der Waals surface area contributed by atoms with Gasteiger partial charge in [0.25, 0.3) is 10.0 Å². The van der Waals surface area contributed by atoms with E-state index in [9.17, 15) is 13.2 Å². The number of aliphatic hydroxyl groups is 1. The van der Waals surface area contributed by atoms with Gasteiger partial charge in [-0.25, -0.2) is 13.2 Å². The van der Waals surface area contributed by atoms with Crippen LogP contribution in [0.5, 0.6) is 0 Å². The highest BCUT2D eigenvalue weighted by atomic mass is 32.2. The first-order valence-electron chi connectivity index (χ1n) is 7.46. The molecule has 128 valence electrons. The number of sulfonamides is 1. The Morgan fingerprint density at radius 1 is 1.08 bits per heavy atom. The van der Waals surface area contributed by atoms with E-state index >= 15 is 0 Å². The summed E-state index contributed by atoms with van der Waals surface area (Å²) in [4.78, 5) is 11.8. The Balaban J connectivity index is 2.27. The van der Waals surface area contributed by atoms with Crippen LogP contribution in [0.25, 0.3) is 0 Å². The van der Waals surface area contributed by atoms with Crippen molar-refractivity contribution in [3.63, 3.8) is 0 Å². The van der Waals surface area contributed by atoms with Crippen molar-refractivity contribution >= 4 is 21.7 Å². The Morgan fingerprint density at radius 3 is 2.25 bits per heavy atom. The van der Waals surface area contributed by atoms with Crippen molar-refractivity contribution in [3.05, 3.63) is 60.2 Å². The summed E-state index contributed by atoms with van der Waals surface area (Å²) in [6, 6.07) is 14.3. The molecule has 0 atom stereocenters. The smallest absolute Gasteiger partial charge is 0.338 e. The van der Waals surface area contributed by atoms with E-state index in [2.05, 4.69) is 0 Å². The van der Waals surface area contributed by atoms with Crippen LogP contribution in [-0.4, -0.2) is 39.3 Å². The second-order valence-corrected chi connectivity index (χ2v) is 6.75. The Hall–Kier alpha value is -2.38. The quantitative estimate of drug-likeness (QED) is 0.774. The van der Waals surface area contributed by atoms with Gasteiger partial charge in [-0.15, -0.1) is 0 Å². The Bertz CT molecular complexity index is 772. The summed E-state index contributed by atoms with van der Waals surface area (Å²) in [6.45, 7) is 1.68. The third-order valence-corrected chi connectivity index (χ3v) is 5.25. The van der Waals surface area contributed by atoms with Gasteiger partial charge in [0.05, 0.1) is 22.8 Å². The number of nitrogens with zero attached hydrogens (tertiary/aromatic N) is 1. The number of anilines is 1. The average Bonchev–Trinajstić information content (AvgIpc) is 2.61. The largest absolute Gasteiger partial charge is 0.460 e. The van der Waals surface area contributed by atoms with Crippen molar-refractivity contribution in [2.24, 2.45) is 0 Å². The molecule has 1 N–H and O–H groups in total. The van der Waals surface area contributed by atoms with Gasteiger partial charge in [0.1, 0.15) is 6.61 Å². The van der Waals surface area contributed by atoms with Crippen LogP contribution >= 0.6 is 0 Å². The highest BCUT2D eigenvalue weighted by Crippen LogP contribution is 2.23. The molecule has 2 rings (SSSR count). The number of esters is 1. The summed E-state index contributed by atoms with van der Waals surface area (Å²) in [5.41, 5.74) is 0.802. The molecule has 0 bridgehead atoms. The number of para-hydroxylation sites is 1. The molecule has 2 aromatic carbocycles. The molecule has 0 heterocycles. The zero-order valence-corrected chi connectivity index (χ0v) is 14.1. The molecule has 0 aromatic heterocycles. The molecule has 24 heavy (non-hydrogen) atoms. The molecule has 0 fully saturated rings. The number of ether oxygens (including phenoxy) is 1. The van der Waals surface area contributed by atoms with Crippen molar-refractivity contribution < 1.29 is 23.1 Å². The molecule has 0 aliphatic rings. The SMILES string of the molecule is CCN(c1ccccc1)S(=O)(=O)c1ccc(C(=O)OCCO)cc1. The van der Waals surface area contributed by atoms with Gasteiger partial charge in [0.2, 0.25) is 0 Å². The van der Waals surface area contributed by atoms with Crippen LogP contribution in [0.4, 0.5) is 5.69 Å². The van der Waals surface area contributed by atoms with E-state index in [0.29, 0.717) is 5.69 Å². The fourth-order valence-corrected chi connectivity index (χ4v) is 3.67. The topological polar surface area (TPSA) is 83.9 Å². The Morgan fingerprint density at radius 2 is 1.71 bits per heavy atom. The highest BCUT2D eigenvalue weighted by Gasteiger charge is 2.23. The van der Waals surface area contributed by atoms with E-state index in [4.69, 9.17) is 9.84 Å². The van der Waals surface area contributed by atoms with E-state index in [1.165, 1.54) is 28.6 Å². The lowest BCUT2D eigenvalue weighted by atomic mass is 10.2. The van der Waals surface area contributed by atoms with Gasteiger partial charge in [0, 0.05) is 6.54 Å². The summed E-state index contributed by atoms with van der Waals surface area (Å²) in [6.07, 6.45) is 0. The van der Waals surface area contributed by atoms with E-state index in [1.54, 1.807) is 31.2 Å². The van der Waals surface area contributed by atoms with Gasteiger partial charge in [-0.1, -0.05) is 18.2 Å². The molecule has 0 spiro atoms. The van der Waals surface area contributed by atoms with Crippen molar-refractivity contribution in [1.82, 2.24) is 0 Å². The number of aliphatic hydroxyl groups excluding tert-OH is 1. The Labute approximate surface area is 141 Å². The number of hydrogen-bond acceptors (Lipinski definition) is 5. The minimum atomic E-state index is -3.72. The van der Waals surface area contributed by atoms with Crippen LogP contribution < -0.4 is 4.31 Å². The number of carbonyl (C=O) groups is 1. The van der Waals surface area contributed by atoms with Crippen LogP contribution in [0.2, 0.25) is 0 Å². The zero-order chi connectivity index (χ0) is 17.6. The molecular weight excluding hydrogens is 330 g/mol. The minimum absolute atomic E-state index is 0.0897. The van der Waals surface area contributed by atoms with Gasteiger partial charge in [-0.05, 0) is 43.3 Å². The fourth-order valence-electron chi connectivity index (χ4n) is 2.20. The summed E-state index contributed by atoms with van der Waals surface area (Å²) >= 11 is 0. The summed E-state index contributed by atoms with van der Waals surface area (Å²) in [5, 5.41) is 8.65. The summed E-state index contributed by atoms with van der Waals surface area (Å²) in [5.74, 6) is -0.608. The monoisotopic (exact) mass is 349 g/mol. The van der Waals surface area contributed by atoms with E-state index in [1.807, 2.05) is 6.07 Å². The maximum absolute atomic E-state index is 12.8. The first kappa shape index (κ1) is 18.0. The van der Waals surface area contributed by atoms with Crippen molar-refractivity contribution in [2.75, 3.05) is 24.1 Å². The van der Waals surface area contributed by atoms with Crippen LogP contribution in [0.1, 0.15) is 17.3 Å². The van der Waals surface area contributed by atoms with Crippen LogP contribution in [-0.2, 0) is 14.8 Å². The first-order valence-corrected chi connectivity index (χ1v) is 8.90. The van der Waals surface area contributed by atoms with E-state index in [0.717, 1.165) is 0 Å². The molecule has 0 saturated heterocycles. The third-order valence-electron chi connectivity index (χ3n) is 3.33. The lowest BCUT2D eigenvalue weighted by Gasteiger charge is -2.22. The van der Waals surface area contributed by atoms with Gasteiger partial charge >= 0.3 is 5.97 Å². The van der Waals surface area contributed by atoms with E-state index in [-0.39, 0.29) is 30.2 Å². The summed E-state index contributed by atoms with van der Waals surface area (Å²) in [7, 11) is -3.72. The molecule has 7 heteroatoms. The van der Waals surface area contributed by atoms with Crippen LogP contribution in [0.15, 0.2) is 59.5 Å². The Kier molecular flexibility index (Phi) is 5.94. The lowest BCUT2D eigenvalue weighted by molar-refractivity contribution is 0.0433. The number of rotatable bonds is 7. The maximum atomic E-state index is 12.8. The predicted octanol–water partition coefficient (Wildman–Crippen LogP) is 2.05.